The Balaban J connectivity index is 1.98. The largest absolute Gasteiger partial charge is 0.468 e. The van der Waals surface area contributed by atoms with Crippen molar-refractivity contribution in [1.29, 1.82) is 0 Å². The third-order valence-electron chi connectivity index (χ3n) is 3.28. The number of hydrogen-bond acceptors (Lipinski definition) is 3. The minimum Gasteiger partial charge on any atom is -0.468 e. The summed E-state index contributed by atoms with van der Waals surface area (Å²) in [6.45, 7) is 2.23. The molecule has 0 spiro atoms. The van der Waals surface area contributed by atoms with Gasteiger partial charge in [-0.15, -0.1) is 0 Å². The molecule has 2 N–H and O–H groups in total. The van der Waals surface area contributed by atoms with E-state index in [4.69, 9.17) is 4.42 Å². The molecule has 0 amide bonds. The minimum absolute atomic E-state index is 0.0393. The summed E-state index contributed by atoms with van der Waals surface area (Å²) < 4.78 is 5.44. The molecule has 0 aliphatic rings. The quantitative estimate of drug-likeness (QED) is 0.803. The van der Waals surface area contributed by atoms with Crippen LogP contribution in [0.3, 0.4) is 0 Å². The van der Waals surface area contributed by atoms with Crippen molar-refractivity contribution in [1.82, 2.24) is 5.32 Å². The van der Waals surface area contributed by atoms with Gasteiger partial charge in [-0.2, -0.15) is 0 Å². The highest BCUT2D eigenvalue weighted by atomic mass is 16.3. The van der Waals surface area contributed by atoms with E-state index in [1.807, 2.05) is 30.3 Å². The van der Waals surface area contributed by atoms with E-state index in [1.165, 1.54) is 5.56 Å². The number of nitrogens with one attached hydrogen (secondary N) is 1. The van der Waals surface area contributed by atoms with Crippen molar-refractivity contribution in [3.63, 3.8) is 0 Å². The first-order chi connectivity index (χ1) is 9.33. The SMILES string of the molecule is CCC(N[C@H](CO)Cc1ccccc1)c1ccco1. The van der Waals surface area contributed by atoms with Crippen LogP contribution >= 0.6 is 0 Å². The molecule has 19 heavy (non-hydrogen) atoms. The molecule has 102 valence electrons. The lowest BCUT2D eigenvalue weighted by Gasteiger charge is -2.22. The lowest BCUT2D eigenvalue weighted by atomic mass is 10.0. The highest BCUT2D eigenvalue weighted by Crippen LogP contribution is 2.18. The number of aliphatic hydroxyl groups is 1. The van der Waals surface area contributed by atoms with Gasteiger partial charge in [-0.3, -0.25) is 0 Å². The predicted molar refractivity (Wildman–Crippen MR) is 75.9 cm³/mol. The average Bonchev–Trinajstić information content (AvgIpc) is 2.98. The molecule has 0 radical (unpaired) electrons. The smallest absolute Gasteiger partial charge is 0.120 e. The minimum atomic E-state index is 0.0393. The first kappa shape index (κ1) is 13.8. The molecule has 0 saturated carbocycles. The molecule has 3 heteroatoms. The van der Waals surface area contributed by atoms with E-state index in [-0.39, 0.29) is 18.7 Å². The zero-order valence-electron chi connectivity index (χ0n) is 11.3. The maximum absolute atomic E-state index is 9.54. The van der Waals surface area contributed by atoms with Gasteiger partial charge in [0.2, 0.25) is 0 Å². The van der Waals surface area contributed by atoms with Crippen molar-refractivity contribution >= 4 is 0 Å². The fraction of sp³-hybridized carbons (Fsp3) is 0.375. The predicted octanol–water partition coefficient (Wildman–Crippen LogP) is 2.92. The lowest BCUT2D eigenvalue weighted by molar-refractivity contribution is 0.223. The molecule has 1 aromatic carbocycles. The summed E-state index contributed by atoms with van der Waals surface area (Å²) in [5, 5.41) is 13.0. The van der Waals surface area contributed by atoms with Crippen LogP contribution in [0.15, 0.2) is 53.1 Å². The topological polar surface area (TPSA) is 45.4 Å². The van der Waals surface area contributed by atoms with Crippen LogP contribution in [0.1, 0.15) is 30.7 Å². The van der Waals surface area contributed by atoms with E-state index in [1.54, 1.807) is 6.26 Å². The molecule has 0 fully saturated rings. The maximum atomic E-state index is 9.54. The molecule has 2 aromatic rings. The van der Waals surface area contributed by atoms with Crippen LogP contribution in [0.2, 0.25) is 0 Å². The van der Waals surface area contributed by atoms with Gasteiger partial charge in [0.1, 0.15) is 5.76 Å². The molecular weight excluding hydrogens is 238 g/mol. The number of rotatable bonds is 7. The fourth-order valence-electron chi connectivity index (χ4n) is 2.25. The van der Waals surface area contributed by atoms with Crippen molar-refractivity contribution in [2.24, 2.45) is 0 Å². The van der Waals surface area contributed by atoms with E-state index < -0.39 is 0 Å². The normalized spacial score (nSPS) is 14.2. The molecule has 3 nitrogen and oxygen atoms in total. The summed E-state index contributed by atoms with van der Waals surface area (Å²) in [4.78, 5) is 0. The first-order valence-electron chi connectivity index (χ1n) is 6.77. The molecule has 0 bridgehead atoms. The number of furan rings is 1. The van der Waals surface area contributed by atoms with Gasteiger partial charge in [0, 0.05) is 6.04 Å². The highest BCUT2D eigenvalue weighted by Gasteiger charge is 2.17. The van der Waals surface area contributed by atoms with Crippen molar-refractivity contribution in [3.8, 4) is 0 Å². The molecule has 1 aromatic heterocycles. The number of hydrogen-bond donors (Lipinski definition) is 2. The van der Waals surface area contributed by atoms with Gasteiger partial charge in [-0.1, -0.05) is 37.3 Å². The molecular formula is C16H21NO2. The van der Waals surface area contributed by atoms with Crippen LogP contribution in [-0.2, 0) is 6.42 Å². The Morgan fingerprint density at radius 3 is 2.53 bits per heavy atom. The Labute approximate surface area is 114 Å². The zero-order valence-corrected chi connectivity index (χ0v) is 11.3. The zero-order chi connectivity index (χ0) is 13.5. The lowest BCUT2D eigenvalue weighted by Crippen LogP contribution is -2.37. The highest BCUT2D eigenvalue weighted by molar-refractivity contribution is 5.16. The third kappa shape index (κ3) is 3.94. The summed E-state index contributed by atoms with van der Waals surface area (Å²) in [5.41, 5.74) is 1.23. The van der Waals surface area contributed by atoms with Gasteiger partial charge in [0.05, 0.1) is 18.9 Å². The summed E-state index contributed by atoms with van der Waals surface area (Å²) in [5.74, 6) is 0.925. The fourth-order valence-corrected chi connectivity index (χ4v) is 2.25. The van der Waals surface area contributed by atoms with E-state index in [0.717, 1.165) is 18.6 Å². The van der Waals surface area contributed by atoms with Crippen LogP contribution in [0.5, 0.6) is 0 Å². The second-order valence-corrected chi connectivity index (χ2v) is 4.71. The molecule has 2 rings (SSSR count). The summed E-state index contributed by atoms with van der Waals surface area (Å²) in [6.07, 6.45) is 3.43. The van der Waals surface area contributed by atoms with Crippen molar-refractivity contribution < 1.29 is 9.52 Å². The summed E-state index contributed by atoms with van der Waals surface area (Å²) >= 11 is 0. The van der Waals surface area contributed by atoms with Crippen molar-refractivity contribution in [2.45, 2.75) is 31.8 Å². The summed E-state index contributed by atoms with van der Waals surface area (Å²) in [7, 11) is 0. The van der Waals surface area contributed by atoms with Crippen LogP contribution in [0.25, 0.3) is 0 Å². The van der Waals surface area contributed by atoms with Gasteiger partial charge in [-0.05, 0) is 30.5 Å². The van der Waals surface area contributed by atoms with Crippen molar-refractivity contribution in [3.05, 3.63) is 60.1 Å². The van der Waals surface area contributed by atoms with Crippen LogP contribution in [0, 0.1) is 0 Å². The molecule has 1 unspecified atom stereocenters. The average molecular weight is 259 g/mol. The summed E-state index contributed by atoms with van der Waals surface area (Å²) in [6, 6.07) is 14.3. The van der Waals surface area contributed by atoms with E-state index in [2.05, 4.69) is 24.4 Å². The van der Waals surface area contributed by atoms with Crippen LogP contribution in [-0.4, -0.2) is 17.8 Å². The molecule has 0 aliphatic heterocycles. The second-order valence-electron chi connectivity index (χ2n) is 4.71. The van der Waals surface area contributed by atoms with Crippen molar-refractivity contribution in [2.75, 3.05) is 6.61 Å². The van der Waals surface area contributed by atoms with Crippen LogP contribution in [0.4, 0.5) is 0 Å². The molecule has 0 saturated heterocycles. The van der Waals surface area contributed by atoms with E-state index in [0.29, 0.717) is 0 Å². The maximum Gasteiger partial charge on any atom is 0.120 e. The standard InChI is InChI=1S/C16H21NO2/c1-2-15(16-9-6-10-19-16)17-14(12-18)11-13-7-4-3-5-8-13/h3-10,14-15,17-18H,2,11-12H2,1H3/t14-,15?/m0/s1. The van der Waals surface area contributed by atoms with Gasteiger partial charge in [0.25, 0.3) is 0 Å². The Bertz CT molecular complexity index is 453. The number of aliphatic hydroxyl groups excluding tert-OH is 1. The molecule has 1 heterocycles. The monoisotopic (exact) mass is 259 g/mol. The van der Waals surface area contributed by atoms with Gasteiger partial charge in [-0.25, -0.2) is 0 Å². The van der Waals surface area contributed by atoms with Gasteiger partial charge >= 0.3 is 0 Å². The Morgan fingerprint density at radius 2 is 1.95 bits per heavy atom. The van der Waals surface area contributed by atoms with Gasteiger partial charge in [0.15, 0.2) is 0 Å². The van der Waals surface area contributed by atoms with Crippen LogP contribution < -0.4 is 5.32 Å². The Morgan fingerprint density at radius 1 is 1.16 bits per heavy atom. The second kappa shape index (κ2) is 7.12. The first-order valence-corrected chi connectivity index (χ1v) is 6.77. The molecule has 0 aliphatic carbocycles. The van der Waals surface area contributed by atoms with E-state index in [9.17, 15) is 5.11 Å². The third-order valence-corrected chi connectivity index (χ3v) is 3.28. The Hall–Kier alpha value is -1.58. The Kier molecular flexibility index (Phi) is 5.19. The van der Waals surface area contributed by atoms with Gasteiger partial charge < -0.3 is 14.8 Å². The van der Waals surface area contributed by atoms with E-state index >= 15 is 0 Å². The number of benzene rings is 1. The molecule has 2 atom stereocenters.